The van der Waals surface area contributed by atoms with Crippen LogP contribution in [0.15, 0.2) is 23.2 Å². The zero-order valence-electron chi connectivity index (χ0n) is 12.0. The number of sulfone groups is 1. The number of carboxylic acids is 1. The standard InChI is InChI=1S/C14H20N2O4S/c1-21(19,20)11-7-6-10-15-12(11)16-14(13(17)18)8-4-2-3-5-9-14/h6-7,10H,2-5,8-9H2,1H3,(H,15,16)(H,17,18). The molecule has 0 spiro atoms. The van der Waals surface area contributed by atoms with Crippen LogP contribution in [0.2, 0.25) is 0 Å². The number of pyridine rings is 1. The van der Waals surface area contributed by atoms with Gasteiger partial charge in [0.15, 0.2) is 9.84 Å². The molecule has 1 aliphatic rings. The molecule has 2 rings (SSSR count). The number of carbonyl (C=O) groups is 1. The van der Waals surface area contributed by atoms with E-state index in [1.165, 1.54) is 18.3 Å². The van der Waals surface area contributed by atoms with Crippen LogP contribution in [0.1, 0.15) is 38.5 Å². The molecule has 7 heteroatoms. The summed E-state index contributed by atoms with van der Waals surface area (Å²) in [6.45, 7) is 0. The van der Waals surface area contributed by atoms with Crippen molar-refractivity contribution in [1.82, 2.24) is 4.98 Å². The van der Waals surface area contributed by atoms with Crippen molar-refractivity contribution in [3.05, 3.63) is 18.3 Å². The summed E-state index contributed by atoms with van der Waals surface area (Å²) in [4.78, 5) is 15.8. The first-order chi connectivity index (χ1) is 9.85. The first kappa shape index (κ1) is 15.8. The molecule has 1 aliphatic carbocycles. The van der Waals surface area contributed by atoms with Gasteiger partial charge in [-0.05, 0) is 25.0 Å². The number of rotatable bonds is 4. The maximum Gasteiger partial charge on any atom is 0.329 e. The molecule has 2 N–H and O–H groups in total. The maximum atomic E-state index is 11.8. The van der Waals surface area contributed by atoms with Crippen molar-refractivity contribution in [3.63, 3.8) is 0 Å². The van der Waals surface area contributed by atoms with E-state index in [0.717, 1.165) is 31.9 Å². The topological polar surface area (TPSA) is 96.4 Å². The Balaban J connectivity index is 2.40. The molecule has 0 aliphatic heterocycles. The Kier molecular flexibility index (Phi) is 4.51. The highest BCUT2D eigenvalue weighted by Crippen LogP contribution is 2.32. The molecule has 1 saturated carbocycles. The fourth-order valence-electron chi connectivity index (χ4n) is 2.73. The van der Waals surface area contributed by atoms with E-state index in [-0.39, 0.29) is 10.7 Å². The summed E-state index contributed by atoms with van der Waals surface area (Å²) in [7, 11) is -3.46. The number of aromatic nitrogens is 1. The average molecular weight is 312 g/mol. The summed E-state index contributed by atoms with van der Waals surface area (Å²) in [6.07, 6.45) is 7.11. The van der Waals surface area contributed by atoms with E-state index in [2.05, 4.69) is 10.3 Å². The van der Waals surface area contributed by atoms with Crippen molar-refractivity contribution in [1.29, 1.82) is 0 Å². The van der Waals surface area contributed by atoms with Crippen LogP contribution in [-0.2, 0) is 14.6 Å². The third kappa shape index (κ3) is 3.53. The van der Waals surface area contributed by atoms with E-state index < -0.39 is 21.3 Å². The zero-order valence-corrected chi connectivity index (χ0v) is 12.8. The summed E-state index contributed by atoms with van der Waals surface area (Å²) in [5.74, 6) is -0.821. The molecule has 6 nitrogen and oxygen atoms in total. The van der Waals surface area contributed by atoms with Crippen LogP contribution in [0.4, 0.5) is 5.82 Å². The van der Waals surface area contributed by atoms with Gasteiger partial charge in [-0.3, -0.25) is 0 Å². The number of anilines is 1. The van der Waals surface area contributed by atoms with Gasteiger partial charge in [-0.25, -0.2) is 18.2 Å². The van der Waals surface area contributed by atoms with Crippen LogP contribution in [0.3, 0.4) is 0 Å². The van der Waals surface area contributed by atoms with Crippen LogP contribution in [-0.4, -0.2) is 36.3 Å². The highest BCUT2D eigenvalue weighted by atomic mass is 32.2. The third-order valence-corrected chi connectivity index (χ3v) is 5.02. The molecule has 1 fully saturated rings. The Morgan fingerprint density at radius 3 is 2.43 bits per heavy atom. The molecule has 1 aromatic rings. The van der Waals surface area contributed by atoms with E-state index >= 15 is 0 Å². The Labute approximate surface area is 124 Å². The number of hydrogen-bond donors (Lipinski definition) is 2. The van der Waals surface area contributed by atoms with Gasteiger partial charge in [0, 0.05) is 12.5 Å². The summed E-state index contributed by atoms with van der Waals surface area (Å²) < 4.78 is 23.6. The Bertz CT molecular complexity index is 620. The van der Waals surface area contributed by atoms with Crippen molar-refractivity contribution < 1.29 is 18.3 Å². The zero-order chi connectivity index (χ0) is 15.5. The molecular weight excluding hydrogens is 292 g/mol. The second-order valence-electron chi connectivity index (χ2n) is 5.55. The van der Waals surface area contributed by atoms with Gasteiger partial charge < -0.3 is 10.4 Å². The van der Waals surface area contributed by atoms with Gasteiger partial charge in [-0.15, -0.1) is 0 Å². The van der Waals surface area contributed by atoms with Gasteiger partial charge in [0.2, 0.25) is 0 Å². The largest absolute Gasteiger partial charge is 0.480 e. The van der Waals surface area contributed by atoms with E-state index in [1.54, 1.807) is 0 Å². The van der Waals surface area contributed by atoms with Crippen molar-refractivity contribution in [2.75, 3.05) is 11.6 Å². The average Bonchev–Trinajstić information content (AvgIpc) is 2.65. The molecule has 1 heterocycles. The second kappa shape index (κ2) is 6.01. The van der Waals surface area contributed by atoms with Crippen LogP contribution in [0.5, 0.6) is 0 Å². The molecule has 0 atom stereocenters. The van der Waals surface area contributed by atoms with Gasteiger partial charge in [-0.1, -0.05) is 25.7 Å². The fraction of sp³-hybridized carbons (Fsp3) is 0.571. The molecule has 21 heavy (non-hydrogen) atoms. The quantitative estimate of drug-likeness (QED) is 0.826. The Morgan fingerprint density at radius 2 is 1.90 bits per heavy atom. The predicted octanol–water partition coefficient (Wildman–Crippen LogP) is 2.07. The van der Waals surface area contributed by atoms with Gasteiger partial charge in [0.25, 0.3) is 0 Å². The van der Waals surface area contributed by atoms with Crippen LogP contribution in [0.25, 0.3) is 0 Å². The Morgan fingerprint density at radius 1 is 1.29 bits per heavy atom. The monoisotopic (exact) mass is 312 g/mol. The van der Waals surface area contributed by atoms with Gasteiger partial charge >= 0.3 is 5.97 Å². The summed E-state index contributed by atoms with van der Waals surface area (Å²) in [5, 5.41) is 12.5. The van der Waals surface area contributed by atoms with E-state index in [1.807, 2.05) is 0 Å². The first-order valence-corrected chi connectivity index (χ1v) is 8.91. The molecule has 0 aromatic carbocycles. The van der Waals surface area contributed by atoms with Gasteiger partial charge in [-0.2, -0.15) is 0 Å². The molecule has 1 aromatic heterocycles. The fourth-order valence-corrected chi connectivity index (χ4v) is 3.52. The molecule has 116 valence electrons. The minimum absolute atomic E-state index is 0.0369. The first-order valence-electron chi connectivity index (χ1n) is 7.02. The summed E-state index contributed by atoms with van der Waals surface area (Å²) >= 11 is 0. The molecule has 0 saturated heterocycles. The Hall–Kier alpha value is -1.63. The van der Waals surface area contributed by atoms with Crippen LogP contribution in [0, 0.1) is 0 Å². The number of nitrogens with one attached hydrogen (secondary N) is 1. The SMILES string of the molecule is CS(=O)(=O)c1cccnc1NC1(C(=O)O)CCCCCC1. The van der Waals surface area contributed by atoms with Crippen molar-refractivity contribution in [3.8, 4) is 0 Å². The summed E-state index contributed by atoms with van der Waals surface area (Å²) in [6, 6.07) is 2.97. The highest BCUT2D eigenvalue weighted by molar-refractivity contribution is 7.90. The normalized spacial score (nSPS) is 18.7. The van der Waals surface area contributed by atoms with Crippen molar-refractivity contribution in [2.24, 2.45) is 0 Å². The van der Waals surface area contributed by atoms with Crippen molar-refractivity contribution in [2.45, 2.75) is 49.0 Å². The molecule has 0 bridgehead atoms. The van der Waals surface area contributed by atoms with Crippen LogP contribution >= 0.6 is 0 Å². The van der Waals surface area contributed by atoms with E-state index in [0.29, 0.717) is 12.8 Å². The lowest BCUT2D eigenvalue weighted by molar-refractivity contribution is -0.142. The predicted molar refractivity (Wildman–Crippen MR) is 79.0 cm³/mol. The molecular formula is C14H20N2O4S. The van der Waals surface area contributed by atoms with Crippen molar-refractivity contribution >= 4 is 21.6 Å². The smallest absolute Gasteiger partial charge is 0.329 e. The highest BCUT2D eigenvalue weighted by Gasteiger charge is 2.39. The minimum Gasteiger partial charge on any atom is -0.480 e. The van der Waals surface area contributed by atoms with Crippen LogP contribution < -0.4 is 5.32 Å². The van der Waals surface area contributed by atoms with Gasteiger partial charge in [0.1, 0.15) is 16.3 Å². The lowest BCUT2D eigenvalue weighted by Crippen LogP contribution is -2.46. The second-order valence-corrected chi connectivity index (χ2v) is 7.53. The molecule has 0 unspecified atom stereocenters. The lowest BCUT2D eigenvalue weighted by Gasteiger charge is -2.30. The molecule has 0 radical (unpaired) electrons. The number of hydrogen-bond acceptors (Lipinski definition) is 5. The lowest BCUT2D eigenvalue weighted by atomic mass is 9.90. The number of nitrogens with zero attached hydrogens (tertiary/aromatic N) is 1. The summed E-state index contributed by atoms with van der Waals surface area (Å²) in [5.41, 5.74) is -1.13. The third-order valence-electron chi connectivity index (χ3n) is 3.89. The van der Waals surface area contributed by atoms with E-state index in [4.69, 9.17) is 0 Å². The minimum atomic E-state index is -3.46. The molecule has 0 amide bonds. The van der Waals surface area contributed by atoms with Gasteiger partial charge in [0.05, 0.1) is 0 Å². The maximum absolute atomic E-state index is 11.8. The number of carboxylic acid groups (broad SMARTS) is 1. The number of aliphatic carboxylic acids is 1. The van der Waals surface area contributed by atoms with E-state index in [9.17, 15) is 18.3 Å².